The Labute approximate surface area is 102 Å². The topological polar surface area (TPSA) is 101 Å². The van der Waals surface area contributed by atoms with Crippen LogP contribution in [0.15, 0.2) is 35.9 Å². The van der Waals surface area contributed by atoms with Gasteiger partial charge in [0.2, 0.25) is 5.78 Å². The fourth-order valence-corrected chi connectivity index (χ4v) is 1.33. The monoisotopic (exact) mass is 250 g/mol. The zero-order valence-corrected chi connectivity index (χ0v) is 9.41. The number of para-hydroxylation sites is 1. The van der Waals surface area contributed by atoms with E-state index in [0.717, 1.165) is 0 Å². The van der Waals surface area contributed by atoms with Gasteiger partial charge in [0.15, 0.2) is 0 Å². The highest BCUT2D eigenvalue weighted by atomic mass is 16.5. The Morgan fingerprint density at radius 3 is 2.28 bits per heavy atom. The van der Waals surface area contributed by atoms with Gasteiger partial charge in [0, 0.05) is 6.08 Å². The molecule has 0 radical (unpaired) electrons. The van der Waals surface area contributed by atoms with Crippen LogP contribution >= 0.6 is 0 Å². The zero-order valence-electron chi connectivity index (χ0n) is 9.41. The van der Waals surface area contributed by atoms with Gasteiger partial charge in [-0.3, -0.25) is 4.79 Å². The van der Waals surface area contributed by atoms with Crippen molar-refractivity contribution in [3.63, 3.8) is 0 Å². The molecule has 0 fully saturated rings. The van der Waals surface area contributed by atoms with Gasteiger partial charge in [-0.1, -0.05) is 12.1 Å². The van der Waals surface area contributed by atoms with Crippen molar-refractivity contribution < 1.29 is 29.3 Å². The summed E-state index contributed by atoms with van der Waals surface area (Å²) >= 11 is 0. The molecule has 0 saturated carbocycles. The summed E-state index contributed by atoms with van der Waals surface area (Å²) in [6.45, 7) is 0. The minimum atomic E-state index is -1.60. The lowest BCUT2D eigenvalue weighted by Gasteiger charge is -2.07. The number of Topliss-reactive ketones (excluding diaryl/α,β-unsaturated/α-hetero) is 1. The average molecular weight is 250 g/mol. The molecule has 0 heterocycles. The highest BCUT2D eigenvalue weighted by molar-refractivity contribution is 6.26. The Kier molecular flexibility index (Phi) is 4.20. The molecule has 0 atom stereocenters. The molecule has 1 aromatic carbocycles. The molecule has 0 saturated heterocycles. The lowest BCUT2D eigenvalue weighted by atomic mass is 10.0. The van der Waals surface area contributed by atoms with E-state index in [1.807, 2.05) is 0 Å². The van der Waals surface area contributed by atoms with E-state index >= 15 is 0 Å². The number of rotatable bonds is 5. The van der Waals surface area contributed by atoms with Crippen molar-refractivity contribution in [2.24, 2.45) is 0 Å². The molecule has 0 amide bonds. The number of carbonyl (C=O) groups is 3. The second-order valence-electron chi connectivity index (χ2n) is 3.23. The summed E-state index contributed by atoms with van der Waals surface area (Å²) in [6, 6.07) is 5.97. The zero-order chi connectivity index (χ0) is 13.7. The molecule has 94 valence electrons. The van der Waals surface area contributed by atoms with Gasteiger partial charge < -0.3 is 14.9 Å². The highest BCUT2D eigenvalue weighted by Crippen LogP contribution is 2.20. The summed E-state index contributed by atoms with van der Waals surface area (Å²) in [5, 5.41) is 17.4. The molecule has 2 N–H and O–H groups in total. The molecule has 0 bridgehead atoms. The Balaban J connectivity index is 3.27. The molecule has 0 aliphatic carbocycles. The molecule has 6 nitrogen and oxygen atoms in total. The average Bonchev–Trinajstić information content (AvgIpc) is 2.34. The van der Waals surface area contributed by atoms with Crippen LogP contribution in [0, 0.1) is 0 Å². The van der Waals surface area contributed by atoms with Crippen molar-refractivity contribution in [2.75, 3.05) is 7.11 Å². The fraction of sp³-hybridized carbons (Fsp3) is 0.0833. The first-order valence-corrected chi connectivity index (χ1v) is 4.83. The molecule has 0 aromatic heterocycles. The molecular formula is C12H10O6. The van der Waals surface area contributed by atoms with Gasteiger partial charge >= 0.3 is 11.9 Å². The molecule has 0 aliphatic rings. The van der Waals surface area contributed by atoms with Gasteiger partial charge in [0.25, 0.3) is 0 Å². The third kappa shape index (κ3) is 2.94. The molecule has 18 heavy (non-hydrogen) atoms. The maximum Gasteiger partial charge on any atom is 0.339 e. The summed E-state index contributed by atoms with van der Waals surface area (Å²) in [6.07, 6.45) is 0.358. The van der Waals surface area contributed by atoms with Gasteiger partial charge in [0.05, 0.1) is 12.7 Å². The predicted octanol–water partition coefficient (Wildman–Crippen LogP) is 0.974. The van der Waals surface area contributed by atoms with Crippen LogP contribution < -0.4 is 4.74 Å². The Hall–Kier alpha value is -2.63. The summed E-state index contributed by atoms with van der Waals surface area (Å²) < 4.78 is 4.91. The number of carboxylic acid groups (broad SMARTS) is 2. The standard InChI is InChI=1S/C12H10O6/c1-18-9-5-3-2-4-7(9)11(15)8(12(16)17)6-10(13)14/h2-6H,1H3,(H,13,14)(H,16,17)/b8-6+. The SMILES string of the molecule is COc1ccccc1C(=O)/C(=C\C(=O)O)C(=O)O. The smallest absolute Gasteiger partial charge is 0.339 e. The molecule has 0 aliphatic heterocycles. The maximum atomic E-state index is 11.9. The van der Waals surface area contributed by atoms with Crippen LogP contribution in [0.3, 0.4) is 0 Å². The number of benzene rings is 1. The van der Waals surface area contributed by atoms with Crippen LogP contribution in [0.2, 0.25) is 0 Å². The van der Waals surface area contributed by atoms with Gasteiger partial charge in [-0.05, 0) is 12.1 Å². The van der Waals surface area contributed by atoms with Crippen molar-refractivity contribution in [3.8, 4) is 5.75 Å². The number of carbonyl (C=O) groups excluding carboxylic acids is 1. The molecule has 1 aromatic rings. The summed E-state index contributed by atoms with van der Waals surface area (Å²) in [4.78, 5) is 33.2. The first kappa shape index (κ1) is 13.4. The van der Waals surface area contributed by atoms with Crippen LogP contribution in [0.5, 0.6) is 5.75 Å². The Morgan fingerprint density at radius 2 is 1.78 bits per heavy atom. The van der Waals surface area contributed by atoms with E-state index in [-0.39, 0.29) is 11.3 Å². The minimum Gasteiger partial charge on any atom is -0.496 e. The van der Waals surface area contributed by atoms with E-state index in [4.69, 9.17) is 14.9 Å². The van der Waals surface area contributed by atoms with E-state index in [2.05, 4.69) is 0 Å². The summed E-state index contributed by atoms with van der Waals surface area (Å²) in [5.41, 5.74) is -0.832. The van der Waals surface area contributed by atoms with E-state index in [1.54, 1.807) is 6.07 Å². The lowest BCUT2D eigenvalue weighted by Crippen LogP contribution is -2.15. The van der Waals surface area contributed by atoms with Crippen molar-refractivity contribution in [3.05, 3.63) is 41.5 Å². The van der Waals surface area contributed by atoms with E-state index in [0.29, 0.717) is 6.08 Å². The van der Waals surface area contributed by atoms with Crippen LogP contribution in [-0.4, -0.2) is 35.0 Å². The van der Waals surface area contributed by atoms with Crippen LogP contribution in [0.25, 0.3) is 0 Å². The number of ether oxygens (including phenoxy) is 1. The quantitative estimate of drug-likeness (QED) is 0.349. The second kappa shape index (κ2) is 5.62. The van der Waals surface area contributed by atoms with Crippen LogP contribution in [0.1, 0.15) is 10.4 Å². The fourth-order valence-electron chi connectivity index (χ4n) is 1.33. The third-order valence-electron chi connectivity index (χ3n) is 2.09. The predicted molar refractivity (Wildman–Crippen MR) is 60.7 cm³/mol. The summed E-state index contributed by atoms with van der Waals surface area (Å²) in [7, 11) is 1.33. The number of methoxy groups -OCH3 is 1. The lowest BCUT2D eigenvalue weighted by molar-refractivity contribution is -0.134. The third-order valence-corrected chi connectivity index (χ3v) is 2.09. The largest absolute Gasteiger partial charge is 0.496 e. The van der Waals surface area contributed by atoms with E-state index < -0.39 is 23.3 Å². The molecule has 1 rings (SSSR count). The number of hydrogen-bond acceptors (Lipinski definition) is 4. The van der Waals surface area contributed by atoms with E-state index in [1.165, 1.54) is 25.3 Å². The Bertz CT molecular complexity index is 529. The van der Waals surface area contributed by atoms with Crippen LogP contribution in [0.4, 0.5) is 0 Å². The first-order valence-electron chi connectivity index (χ1n) is 4.83. The van der Waals surface area contributed by atoms with Gasteiger partial charge in [-0.2, -0.15) is 0 Å². The molecule has 0 spiro atoms. The van der Waals surface area contributed by atoms with E-state index in [9.17, 15) is 14.4 Å². The van der Waals surface area contributed by atoms with Crippen molar-refractivity contribution in [2.45, 2.75) is 0 Å². The van der Waals surface area contributed by atoms with Gasteiger partial charge in [0.1, 0.15) is 11.3 Å². The van der Waals surface area contributed by atoms with Gasteiger partial charge in [-0.15, -0.1) is 0 Å². The Morgan fingerprint density at radius 1 is 1.17 bits per heavy atom. The van der Waals surface area contributed by atoms with Crippen molar-refractivity contribution >= 4 is 17.7 Å². The number of hydrogen-bond donors (Lipinski definition) is 2. The number of aliphatic carboxylic acids is 2. The van der Waals surface area contributed by atoms with Gasteiger partial charge in [-0.25, -0.2) is 9.59 Å². The molecular weight excluding hydrogens is 240 g/mol. The number of ketones is 1. The first-order chi connectivity index (χ1) is 8.47. The minimum absolute atomic E-state index is 0.00472. The maximum absolute atomic E-state index is 11.9. The summed E-state index contributed by atoms with van der Waals surface area (Å²) in [5.74, 6) is -3.84. The molecule has 6 heteroatoms. The van der Waals surface area contributed by atoms with Crippen molar-refractivity contribution in [1.82, 2.24) is 0 Å². The normalized spacial score (nSPS) is 10.8. The van der Waals surface area contributed by atoms with Crippen molar-refractivity contribution in [1.29, 1.82) is 0 Å². The molecule has 0 unspecified atom stereocenters. The number of carboxylic acids is 2. The van der Waals surface area contributed by atoms with Crippen LogP contribution in [-0.2, 0) is 9.59 Å². The second-order valence-corrected chi connectivity index (χ2v) is 3.23. The highest BCUT2D eigenvalue weighted by Gasteiger charge is 2.23.